The van der Waals surface area contributed by atoms with Gasteiger partial charge in [0, 0.05) is 16.6 Å². The fourth-order valence-corrected chi connectivity index (χ4v) is 10.8. The molecule has 1 heterocycles. The number of aromatic nitrogens is 2. The fraction of sp³-hybridized carbons (Fsp3) is 0.0217. The molecule has 21 heteroatoms. The molecule has 0 aliphatic heterocycles. The second-order valence-corrected chi connectivity index (χ2v) is 18.8. The molecular weight excluding hydrogens is 807 g/mol. The third-order valence-corrected chi connectivity index (χ3v) is 15.8. The fourth-order valence-electron chi connectivity index (χ4n) is 10.8. The zero-order valence-electron chi connectivity index (χ0n) is 41.7. The number of hydrogen-bond acceptors (Lipinski definition) is 5. The van der Waals surface area contributed by atoms with Crippen molar-refractivity contribution in [1.82, 2.24) is 9.55 Å². The first-order valence-electron chi connectivity index (χ1n) is 23.1. The van der Waals surface area contributed by atoms with Gasteiger partial charge in [-0.15, -0.1) is 28.3 Å². The van der Waals surface area contributed by atoms with Crippen molar-refractivity contribution in [3.05, 3.63) is 64.5 Å². The van der Waals surface area contributed by atoms with Crippen LogP contribution in [0, 0.1) is 12.3 Å². The lowest BCUT2D eigenvalue weighted by molar-refractivity contribution is 0.372. The van der Waals surface area contributed by atoms with Crippen molar-refractivity contribution < 1.29 is 20.4 Å². The average molecular weight is 854 g/mol. The van der Waals surface area contributed by atoms with E-state index in [2.05, 4.69) is 139 Å². The molecule has 4 N–H and O–H groups in total. The number of hydrogen-bond donors (Lipinski definition) is 4. The zero-order chi connectivity index (χ0) is 48.8. The van der Waals surface area contributed by atoms with Crippen molar-refractivity contribution in [2.75, 3.05) is 0 Å². The van der Waals surface area contributed by atoms with Gasteiger partial charge in [-0.2, -0.15) is 0 Å². The van der Waals surface area contributed by atoms with Gasteiger partial charge >= 0.3 is 0 Å². The molecule has 1 aromatic heterocycles. The first-order chi connectivity index (χ1) is 31.7. The molecule has 0 spiro atoms. The quantitative estimate of drug-likeness (QED) is 0.0759. The van der Waals surface area contributed by atoms with Crippen LogP contribution in [-0.2, 0) is 6.42 Å². The monoisotopic (exact) mass is 856 g/mol. The summed E-state index contributed by atoms with van der Waals surface area (Å²) in [5.41, 5.74) is 23.5. The summed E-state index contributed by atoms with van der Waals surface area (Å²) in [6.45, 7) is 0. The van der Waals surface area contributed by atoms with Crippen molar-refractivity contribution in [3.63, 3.8) is 0 Å². The smallest absolute Gasteiger partial charge is 0.199 e. The minimum Gasteiger partial charge on any atom is -0.508 e. The van der Waals surface area contributed by atoms with Crippen LogP contribution in [0.15, 0.2) is 48.5 Å². The molecule has 8 aromatic rings. The van der Waals surface area contributed by atoms with Gasteiger partial charge in [-0.1, -0.05) is 97.6 Å². The van der Waals surface area contributed by atoms with E-state index in [-0.39, 0.29) is 5.75 Å². The summed E-state index contributed by atoms with van der Waals surface area (Å²) in [7, 11) is 31.3. The Morgan fingerprint density at radius 2 is 0.955 bits per heavy atom. The van der Waals surface area contributed by atoms with Gasteiger partial charge < -0.3 is 20.4 Å². The van der Waals surface area contributed by atoms with Gasteiger partial charge in [0.25, 0.3) is 0 Å². The number of phenolic OH excluding ortho intramolecular Hbond substituents is 4. The molecule has 0 aliphatic rings. The van der Waals surface area contributed by atoms with E-state index in [1.165, 1.54) is 43.7 Å². The predicted octanol–water partition coefficient (Wildman–Crippen LogP) is -17.7. The Bertz CT molecular complexity index is 3610. The summed E-state index contributed by atoms with van der Waals surface area (Å²) in [6, 6.07) is 16.7. The first-order valence-corrected chi connectivity index (χ1v) is 23.1. The Labute approximate surface area is 407 Å². The Balaban J connectivity index is 1.59. The third kappa shape index (κ3) is 7.08. The highest BCUT2D eigenvalue weighted by Gasteiger charge is 2.29. The highest BCUT2D eigenvalue weighted by atomic mass is 16.3. The standard InChI is InChI=1S/C46H47B15N2O4/c1-2-7-16-17(13-12-14-8-3-4-9-15(14)46-62-18-10-5-6-11-19(18)63(46)41-38(59)36(57)35(56)37(58)39(41)60)21(25-29(50)43(65)45(67)44(66)30(25)51)23-22(26(47)33(54)40(61)42(23)64)20(16)24-27(48)31(52)34(55)32(53)28(24)49/h1,3-11,13,64-67H,12,47-61H2/b16-7+,17-13+. The minimum absolute atomic E-state index is 0.0986. The molecule has 0 saturated heterocycles. The lowest BCUT2D eigenvalue weighted by Gasteiger charge is -2.27. The Morgan fingerprint density at radius 3 is 1.54 bits per heavy atom. The SMILES string of the molecule is Bc1c(B)c(B)c(-c2c(=C/C#C)/c(=C\Cc3ccccc3-c3nc4ccccc4n3-c3c(B)c(B)c(B)c(B)c3B)c(-c3c(B)c(O)c(O)c(O)c3B)c3c(O)c(B)c(B)c(B)c23)c(B)c1B. The number of phenols is 4. The summed E-state index contributed by atoms with van der Waals surface area (Å²) in [5, 5.41) is 49.7. The van der Waals surface area contributed by atoms with E-state index >= 15 is 0 Å². The molecule has 67 heavy (non-hydrogen) atoms. The molecule has 310 valence electrons. The Kier molecular flexibility index (Phi) is 12.3. The van der Waals surface area contributed by atoms with E-state index in [4.69, 9.17) is 11.4 Å². The highest BCUT2D eigenvalue weighted by molar-refractivity contribution is 6.70. The predicted molar refractivity (Wildman–Crippen MR) is 331 cm³/mol. The van der Waals surface area contributed by atoms with Crippen LogP contribution in [0.3, 0.4) is 0 Å². The second kappa shape index (κ2) is 17.4. The van der Waals surface area contributed by atoms with Crippen LogP contribution in [-0.4, -0.2) is 148 Å². The van der Waals surface area contributed by atoms with Gasteiger partial charge in [0.15, 0.2) is 17.2 Å². The van der Waals surface area contributed by atoms with Gasteiger partial charge in [0.1, 0.15) is 129 Å². The minimum atomic E-state index is -0.592. The Hall–Kier alpha value is -6.26. The molecule has 6 nitrogen and oxygen atoms in total. The second-order valence-electron chi connectivity index (χ2n) is 18.8. The molecule has 0 amide bonds. The van der Waals surface area contributed by atoms with Crippen molar-refractivity contribution in [2.45, 2.75) is 6.42 Å². The number of nitrogens with zero attached hydrogens (tertiary/aromatic N) is 2. The molecule has 0 atom stereocenters. The Morgan fingerprint density at radius 1 is 0.478 bits per heavy atom. The summed E-state index contributed by atoms with van der Waals surface area (Å²) in [6.07, 6.45) is 10.8. The van der Waals surface area contributed by atoms with Crippen molar-refractivity contribution in [3.8, 4) is 74.7 Å². The van der Waals surface area contributed by atoms with Crippen molar-refractivity contribution in [2.24, 2.45) is 0 Å². The van der Waals surface area contributed by atoms with E-state index in [0.29, 0.717) is 33.9 Å². The number of terminal acetylenes is 1. The number of para-hydroxylation sites is 2. The van der Waals surface area contributed by atoms with Crippen LogP contribution in [0.5, 0.6) is 23.0 Å². The maximum absolute atomic E-state index is 12.7. The number of imidazole rings is 1. The van der Waals surface area contributed by atoms with E-state index in [1.54, 1.807) is 15.7 Å². The summed E-state index contributed by atoms with van der Waals surface area (Å²) in [5.74, 6) is 2.38. The summed E-state index contributed by atoms with van der Waals surface area (Å²) < 4.78 is 2.32. The van der Waals surface area contributed by atoms with Crippen LogP contribution >= 0.6 is 0 Å². The van der Waals surface area contributed by atoms with Crippen LogP contribution in [0.25, 0.3) is 73.3 Å². The van der Waals surface area contributed by atoms with Gasteiger partial charge in [0.2, 0.25) is 0 Å². The average Bonchev–Trinajstić information content (AvgIpc) is 3.70. The van der Waals surface area contributed by atoms with Crippen LogP contribution in [0.1, 0.15) is 5.56 Å². The van der Waals surface area contributed by atoms with Gasteiger partial charge in [-0.3, -0.25) is 4.57 Å². The lowest BCUT2D eigenvalue weighted by atomic mass is 9.58. The molecular formula is C46H47B15N2O4. The van der Waals surface area contributed by atoms with Gasteiger partial charge in [-0.25, -0.2) is 4.98 Å². The molecule has 0 saturated carbocycles. The lowest BCUT2D eigenvalue weighted by Crippen LogP contribution is -2.56. The molecule has 0 radical (unpaired) electrons. The normalized spacial score (nSPS) is 12.0. The third-order valence-electron chi connectivity index (χ3n) is 15.8. The maximum atomic E-state index is 12.7. The topological polar surface area (TPSA) is 98.7 Å². The summed E-state index contributed by atoms with van der Waals surface area (Å²) >= 11 is 0. The van der Waals surface area contributed by atoms with Crippen molar-refractivity contribution in [1.29, 1.82) is 0 Å². The van der Waals surface area contributed by atoms with Crippen molar-refractivity contribution >= 4 is 234 Å². The van der Waals surface area contributed by atoms with E-state index < -0.39 is 17.2 Å². The van der Waals surface area contributed by atoms with Crippen LogP contribution < -0.4 is 92.4 Å². The molecule has 8 rings (SSSR count). The van der Waals surface area contributed by atoms with Gasteiger partial charge in [0.05, 0.1) is 11.0 Å². The van der Waals surface area contributed by atoms with Crippen LogP contribution in [0.2, 0.25) is 0 Å². The number of rotatable bonds is 6. The maximum Gasteiger partial charge on any atom is 0.199 e. The van der Waals surface area contributed by atoms with Crippen LogP contribution in [0.4, 0.5) is 0 Å². The largest absolute Gasteiger partial charge is 0.508 e. The molecule has 7 aromatic carbocycles. The number of fused-ring (bicyclic) bond motifs is 2. The molecule has 0 aliphatic carbocycles. The van der Waals surface area contributed by atoms with E-state index in [0.717, 1.165) is 87.9 Å². The highest BCUT2D eigenvalue weighted by Crippen LogP contribution is 2.38. The molecule has 0 unspecified atom stereocenters. The molecule has 0 bridgehead atoms. The summed E-state index contributed by atoms with van der Waals surface area (Å²) in [4.78, 5) is 5.38. The van der Waals surface area contributed by atoms with E-state index in [1.807, 2.05) is 33.9 Å². The van der Waals surface area contributed by atoms with Gasteiger partial charge in [-0.05, 0) is 79.2 Å². The number of aromatic hydroxyl groups is 4. The zero-order valence-corrected chi connectivity index (χ0v) is 41.7. The van der Waals surface area contributed by atoms with E-state index in [9.17, 15) is 20.4 Å². The first kappa shape index (κ1) is 47.2. The number of benzene rings is 7. The molecule has 0 fully saturated rings.